The number of nitrogens with zero attached hydrogens (tertiary/aromatic N) is 3. The summed E-state index contributed by atoms with van der Waals surface area (Å²) in [6.45, 7) is -0.197. The van der Waals surface area contributed by atoms with Crippen molar-refractivity contribution >= 4 is 17.7 Å². The number of para-hydroxylation sites is 1. The third-order valence-electron chi connectivity index (χ3n) is 4.49. The number of carbonyl (C=O) groups is 2. The molecule has 4 rings (SSSR count). The second-order valence-corrected chi connectivity index (χ2v) is 6.22. The van der Waals surface area contributed by atoms with Gasteiger partial charge in [-0.05, 0) is 24.5 Å². The lowest BCUT2D eigenvalue weighted by Gasteiger charge is -2.23. The number of methoxy groups -OCH3 is 1. The minimum absolute atomic E-state index is 0.197. The largest absolute Gasteiger partial charge is 0.468 e. The van der Waals surface area contributed by atoms with Gasteiger partial charge in [0.1, 0.15) is 12.6 Å². The maximum atomic E-state index is 12.7. The summed E-state index contributed by atoms with van der Waals surface area (Å²) in [7, 11) is 1.28. The number of nitrogens with one attached hydrogen (secondary N) is 1. The van der Waals surface area contributed by atoms with Gasteiger partial charge in [-0.25, -0.2) is 4.79 Å². The number of carbonyl (C=O) groups excluding carboxylic acids is 2. The first-order valence-electron chi connectivity index (χ1n) is 8.22. The van der Waals surface area contributed by atoms with Gasteiger partial charge in [-0.1, -0.05) is 23.4 Å². The van der Waals surface area contributed by atoms with E-state index in [1.165, 1.54) is 7.11 Å². The molecule has 1 fully saturated rings. The molecule has 1 atom stereocenters. The zero-order valence-electron chi connectivity index (χ0n) is 13.8. The predicted molar refractivity (Wildman–Crippen MR) is 87.1 cm³/mol. The molecule has 1 N–H and O–H groups in total. The van der Waals surface area contributed by atoms with Crippen molar-refractivity contribution in [2.45, 2.75) is 31.2 Å². The molecule has 1 aliphatic heterocycles. The fourth-order valence-corrected chi connectivity index (χ4v) is 3.03. The van der Waals surface area contributed by atoms with Crippen molar-refractivity contribution in [3.05, 3.63) is 41.5 Å². The van der Waals surface area contributed by atoms with Gasteiger partial charge >= 0.3 is 12.0 Å². The van der Waals surface area contributed by atoms with Gasteiger partial charge in [0.05, 0.1) is 7.11 Å². The zero-order valence-corrected chi connectivity index (χ0v) is 13.8. The molecule has 0 saturated heterocycles. The van der Waals surface area contributed by atoms with Crippen LogP contribution < -0.4 is 10.2 Å². The van der Waals surface area contributed by atoms with E-state index in [2.05, 4.69) is 20.2 Å². The monoisotopic (exact) mass is 342 g/mol. The summed E-state index contributed by atoms with van der Waals surface area (Å²) in [5.41, 5.74) is 1.80. The van der Waals surface area contributed by atoms with Crippen molar-refractivity contribution in [3.63, 3.8) is 0 Å². The molecule has 25 heavy (non-hydrogen) atoms. The highest BCUT2D eigenvalue weighted by Crippen LogP contribution is 2.42. The average Bonchev–Trinajstić information content (AvgIpc) is 3.23. The van der Waals surface area contributed by atoms with Crippen LogP contribution in [0.3, 0.4) is 0 Å². The minimum Gasteiger partial charge on any atom is -0.468 e. The summed E-state index contributed by atoms with van der Waals surface area (Å²) in [5, 5.41) is 6.63. The van der Waals surface area contributed by atoms with Gasteiger partial charge in [-0.15, -0.1) is 0 Å². The lowest BCUT2D eigenvalue weighted by molar-refractivity contribution is -0.139. The van der Waals surface area contributed by atoms with Gasteiger partial charge in [0.2, 0.25) is 5.89 Å². The average molecular weight is 342 g/mol. The van der Waals surface area contributed by atoms with Crippen LogP contribution >= 0.6 is 0 Å². The van der Waals surface area contributed by atoms with E-state index in [0.29, 0.717) is 24.1 Å². The number of esters is 1. The van der Waals surface area contributed by atoms with Crippen LogP contribution in [0.5, 0.6) is 0 Å². The summed E-state index contributed by atoms with van der Waals surface area (Å²) in [4.78, 5) is 30.1. The first-order valence-corrected chi connectivity index (χ1v) is 8.22. The van der Waals surface area contributed by atoms with E-state index in [-0.39, 0.29) is 12.6 Å². The van der Waals surface area contributed by atoms with Crippen LogP contribution in [-0.4, -0.2) is 35.8 Å². The van der Waals surface area contributed by atoms with E-state index < -0.39 is 12.0 Å². The Kier molecular flexibility index (Phi) is 3.87. The first kappa shape index (κ1) is 15.6. The van der Waals surface area contributed by atoms with Crippen LogP contribution in [0, 0.1) is 0 Å². The molecular weight excluding hydrogens is 324 g/mol. The fraction of sp³-hybridized carbons (Fsp3) is 0.412. The summed E-state index contributed by atoms with van der Waals surface area (Å²) >= 11 is 0. The Morgan fingerprint density at radius 3 is 2.92 bits per heavy atom. The number of hydrogen-bond acceptors (Lipinski definition) is 6. The molecule has 0 spiro atoms. The highest BCUT2D eigenvalue weighted by atomic mass is 16.5. The van der Waals surface area contributed by atoms with Crippen LogP contribution in [0.4, 0.5) is 10.5 Å². The van der Waals surface area contributed by atoms with Gasteiger partial charge < -0.3 is 14.6 Å². The molecular formula is C17H18N4O4. The number of hydrogen-bond donors (Lipinski definition) is 1. The third-order valence-corrected chi connectivity index (χ3v) is 4.49. The molecule has 1 aromatic heterocycles. The fourth-order valence-electron chi connectivity index (χ4n) is 3.03. The normalized spacial score (nSPS) is 18.8. The van der Waals surface area contributed by atoms with E-state index in [1.54, 1.807) is 4.90 Å². The number of fused-ring (bicyclic) bond motifs is 1. The number of amides is 2. The number of anilines is 1. The Balaban J connectivity index is 1.60. The van der Waals surface area contributed by atoms with Crippen LogP contribution in [0.2, 0.25) is 0 Å². The second kappa shape index (κ2) is 6.19. The van der Waals surface area contributed by atoms with Crippen molar-refractivity contribution in [1.29, 1.82) is 0 Å². The number of urea groups is 1. The van der Waals surface area contributed by atoms with Crippen molar-refractivity contribution in [3.8, 4) is 0 Å². The number of aromatic nitrogens is 2. The van der Waals surface area contributed by atoms with Crippen LogP contribution in [-0.2, 0) is 16.0 Å². The third kappa shape index (κ3) is 2.95. The molecule has 1 aromatic carbocycles. The molecule has 1 saturated carbocycles. The molecule has 2 aliphatic rings. The Hall–Kier alpha value is -2.90. The first-order chi connectivity index (χ1) is 12.2. The molecule has 2 heterocycles. The highest BCUT2D eigenvalue weighted by Gasteiger charge is 2.39. The molecule has 8 nitrogen and oxygen atoms in total. The summed E-state index contributed by atoms with van der Waals surface area (Å²) < 4.78 is 10.0. The Bertz CT molecular complexity index is 814. The molecule has 2 amide bonds. The maximum Gasteiger partial charge on any atom is 0.325 e. The molecule has 130 valence electrons. The van der Waals surface area contributed by atoms with Crippen LogP contribution in [0.25, 0.3) is 0 Å². The summed E-state index contributed by atoms with van der Waals surface area (Å²) in [6, 6.07) is 6.85. The maximum absolute atomic E-state index is 12.7. The second-order valence-electron chi connectivity index (χ2n) is 6.22. The standard InChI is InChI=1S/C17H18N4O4/c1-24-14(22)9-18-17(23)21-12-5-3-2-4-11(12)8-13(21)16-19-15(20-25-16)10-6-7-10/h2-5,10,13H,6-9H2,1H3,(H,18,23). The van der Waals surface area contributed by atoms with E-state index in [4.69, 9.17) is 4.52 Å². The Morgan fingerprint density at radius 2 is 2.16 bits per heavy atom. The number of rotatable bonds is 4. The van der Waals surface area contributed by atoms with Crippen molar-refractivity contribution in [1.82, 2.24) is 15.5 Å². The molecule has 8 heteroatoms. The minimum atomic E-state index is -0.508. The van der Waals surface area contributed by atoms with Crippen molar-refractivity contribution in [2.24, 2.45) is 0 Å². The summed E-state index contributed by atoms with van der Waals surface area (Å²) in [6.07, 6.45) is 2.74. The highest BCUT2D eigenvalue weighted by molar-refractivity contribution is 5.96. The van der Waals surface area contributed by atoms with Crippen LogP contribution in [0.1, 0.15) is 42.1 Å². The van der Waals surface area contributed by atoms with E-state index in [1.807, 2.05) is 24.3 Å². The Labute approximate surface area is 144 Å². The molecule has 0 radical (unpaired) electrons. The lowest BCUT2D eigenvalue weighted by atomic mass is 10.1. The van der Waals surface area contributed by atoms with Gasteiger partial charge in [0.25, 0.3) is 0 Å². The summed E-state index contributed by atoms with van der Waals surface area (Å²) in [5.74, 6) is 1.00. The van der Waals surface area contributed by atoms with E-state index in [9.17, 15) is 9.59 Å². The molecule has 1 aliphatic carbocycles. The zero-order chi connectivity index (χ0) is 17.4. The van der Waals surface area contributed by atoms with Crippen molar-refractivity contribution in [2.75, 3.05) is 18.6 Å². The van der Waals surface area contributed by atoms with Gasteiger partial charge in [-0.3, -0.25) is 9.69 Å². The lowest BCUT2D eigenvalue weighted by Crippen LogP contribution is -2.43. The van der Waals surface area contributed by atoms with Gasteiger partial charge in [-0.2, -0.15) is 4.98 Å². The van der Waals surface area contributed by atoms with Gasteiger partial charge in [0.15, 0.2) is 5.82 Å². The smallest absolute Gasteiger partial charge is 0.325 e. The SMILES string of the molecule is COC(=O)CNC(=O)N1c2ccccc2CC1c1nc(C2CC2)no1. The topological polar surface area (TPSA) is 97.6 Å². The molecule has 2 aromatic rings. The molecule has 1 unspecified atom stereocenters. The van der Waals surface area contributed by atoms with E-state index in [0.717, 1.165) is 24.1 Å². The van der Waals surface area contributed by atoms with E-state index >= 15 is 0 Å². The predicted octanol–water partition coefficient (Wildman–Crippen LogP) is 1.93. The van der Waals surface area contributed by atoms with Crippen LogP contribution in [0.15, 0.2) is 28.8 Å². The van der Waals surface area contributed by atoms with Crippen molar-refractivity contribution < 1.29 is 18.8 Å². The van der Waals surface area contributed by atoms with Gasteiger partial charge in [0, 0.05) is 18.0 Å². The molecule has 0 bridgehead atoms. The Morgan fingerprint density at radius 1 is 1.36 bits per heavy atom. The number of ether oxygens (including phenoxy) is 1. The quantitative estimate of drug-likeness (QED) is 0.853. The number of benzene rings is 1.